The zero-order valence-corrected chi connectivity index (χ0v) is 11.3. The Balaban J connectivity index is 1.93. The van der Waals surface area contributed by atoms with Crippen LogP contribution in [0.3, 0.4) is 0 Å². The first kappa shape index (κ1) is 12.6. The van der Waals surface area contributed by atoms with Gasteiger partial charge in [-0.15, -0.1) is 0 Å². The predicted octanol–water partition coefficient (Wildman–Crippen LogP) is 3.05. The minimum Gasteiger partial charge on any atom is -0.270 e. The number of imide groups is 1. The summed E-state index contributed by atoms with van der Waals surface area (Å²) in [5.74, 6) is -0.388. The smallest absolute Gasteiger partial charge is 0.261 e. The van der Waals surface area contributed by atoms with Crippen LogP contribution >= 0.6 is 0 Å². The van der Waals surface area contributed by atoms with E-state index in [1.54, 1.807) is 6.07 Å². The maximum atomic E-state index is 12.4. The van der Waals surface area contributed by atoms with Gasteiger partial charge in [0, 0.05) is 0 Å². The molecule has 0 aromatic heterocycles. The van der Waals surface area contributed by atoms with E-state index >= 15 is 0 Å². The van der Waals surface area contributed by atoms with Gasteiger partial charge in [-0.3, -0.25) is 14.5 Å². The topological polar surface area (TPSA) is 37.4 Å². The molecule has 3 rings (SSSR count). The first-order chi connectivity index (χ1) is 9.70. The summed E-state index contributed by atoms with van der Waals surface area (Å²) in [6, 6.07) is 15.1. The highest BCUT2D eigenvalue weighted by Crippen LogP contribution is 2.25. The summed E-state index contributed by atoms with van der Waals surface area (Å²) in [6.45, 7) is 2.36. The van der Waals surface area contributed by atoms with Crippen molar-refractivity contribution in [2.24, 2.45) is 0 Å². The summed E-state index contributed by atoms with van der Waals surface area (Å²) < 4.78 is 0. The van der Waals surface area contributed by atoms with Crippen LogP contribution in [0.15, 0.2) is 48.5 Å². The van der Waals surface area contributed by atoms with Crippen LogP contribution in [0, 0.1) is 0 Å². The molecule has 0 unspecified atom stereocenters. The van der Waals surface area contributed by atoms with E-state index in [1.165, 1.54) is 4.90 Å². The standard InChI is InChI=1S/C17H15NO2/c1-2-12-8-9-14-15(10-12)17(20)18(16(14)19)11-13-6-4-3-5-7-13/h3-10H,2,11H2,1H3. The maximum Gasteiger partial charge on any atom is 0.261 e. The second-order valence-corrected chi connectivity index (χ2v) is 4.92. The second kappa shape index (κ2) is 4.93. The fourth-order valence-corrected chi connectivity index (χ4v) is 2.47. The lowest BCUT2D eigenvalue weighted by molar-refractivity contribution is 0.0642. The zero-order valence-electron chi connectivity index (χ0n) is 11.3. The summed E-state index contributed by atoms with van der Waals surface area (Å²) in [4.78, 5) is 26.0. The van der Waals surface area contributed by atoms with E-state index in [0.717, 1.165) is 17.5 Å². The number of aryl methyl sites for hydroxylation is 1. The predicted molar refractivity (Wildman–Crippen MR) is 76.5 cm³/mol. The van der Waals surface area contributed by atoms with Crippen LogP contribution < -0.4 is 0 Å². The monoisotopic (exact) mass is 265 g/mol. The lowest BCUT2D eigenvalue weighted by Crippen LogP contribution is -2.29. The number of hydrogen-bond acceptors (Lipinski definition) is 2. The number of benzene rings is 2. The molecule has 0 aliphatic carbocycles. The first-order valence-electron chi connectivity index (χ1n) is 6.73. The molecular formula is C17H15NO2. The molecule has 1 aliphatic rings. The molecule has 0 saturated carbocycles. The van der Waals surface area contributed by atoms with Gasteiger partial charge < -0.3 is 0 Å². The van der Waals surface area contributed by atoms with Gasteiger partial charge in [-0.1, -0.05) is 43.3 Å². The number of nitrogens with zero attached hydrogens (tertiary/aromatic N) is 1. The van der Waals surface area contributed by atoms with E-state index in [9.17, 15) is 9.59 Å². The van der Waals surface area contributed by atoms with Crippen LogP contribution in [0.4, 0.5) is 0 Å². The number of rotatable bonds is 3. The number of hydrogen-bond donors (Lipinski definition) is 0. The highest BCUT2D eigenvalue weighted by Gasteiger charge is 2.35. The van der Waals surface area contributed by atoms with Crippen molar-refractivity contribution >= 4 is 11.8 Å². The second-order valence-electron chi connectivity index (χ2n) is 4.92. The van der Waals surface area contributed by atoms with Crippen LogP contribution in [0.2, 0.25) is 0 Å². The largest absolute Gasteiger partial charge is 0.270 e. The molecular weight excluding hydrogens is 250 g/mol. The van der Waals surface area contributed by atoms with E-state index in [4.69, 9.17) is 0 Å². The molecule has 0 saturated heterocycles. The molecule has 0 radical (unpaired) electrons. The molecule has 100 valence electrons. The van der Waals surface area contributed by atoms with Gasteiger partial charge in [0.05, 0.1) is 17.7 Å². The van der Waals surface area contributed by atoms with Crippen LogP contribution in [0.1, 0.15) is 38.8 Å². The summed E-state index contributed by atoms with van der Waals surface area (Å²) in [7, 11) is 0. The van der Waals surface area contributed by atoms with Crippen molar-refractivity contribution < 1.29 is 9.59 Å². The van der Waals surface area contributed by atoms with Crippen molar-refractivity contribution in [3.05, 3.63) is 70.8 Å². The Morgan fingerprint density at radius 2 is 1.55 bits per heavy atom. The van der Waals surface area contributed by atoms with Crippen LogP contribution in [0.5, 0.6) is 0 Å². The van der Waals surface area contributed by atoms with E-state index in [1.807, 2.05) is 49.4 Å². The quantitative estimate of drug-likeness (QED) is 0.800. The highest BCUT2D eigenvalue weighted by molar-refractivity contribution is 6.21. The van der Waals surface area contributed by atoms with Gasteiger partial charge in [-0.05, 0) is 29.7 Å². The third-order valence-corrected chi connectivity index (χ3v) is 3.63. The molecule has 0 bridgehead atoms. The summed E-state index contributed by atoms with van der Waals surface area (Å²) >= 11 is 0. The Bertz CT molecular complexity index is 677. The Morgan fingerprint density at radius 3 is 2.25 bits per heavy atom. The number of carbonyl (C=O) groups excluding carboxylic acids is 2. The van der Waals surface area contributed by atoms with Gasteiger partial charge in [0.2, 0.25) is 0 Å². The normalized spacial score (nSPS) is 13.8. The molecule has 1 heterocycles. The molecule has 20 heavy (non-hydrogen) atoms. The van der Waals surface area contributed by atoms with Gasteiger partial charge in [-0.2, -0.15) is 0 Å². The van der Waals surface area contributed by atoms with E-state index in [-0.39, 0.29) is 11.8 Å². The van der Waals surface area contributed by atoms with Crippen molar-refractivity contribution in [3.8, 4) is 0 Å². The molecule has 0 fully saturated rings. The van der Waals surface area contributed by atoms with Crippen LogP contribution in [-0.2, 0) is 13.0 Å². The van der Waals surface area contributed by atoms with Crippen molar-refractivity contribution in [2.45, 2.75) is 19.9 Å². The molecule has 0 spiro atoms. The Hall–Kier alpha value is -2.42. The molecule has 3 nitrogen and oxygen atoms in total. The van der Waals surface area contributed by atoms with Crippen LogP contribution in [-0.4, -0.2) is 16.7 Å². The summed E-state index contributed by atoms with van der Waals surface area (Å²) in [5.41, 5.74) is 3.08. The Morgan fingerprint density at radius 1 is 0.850 bits per heavy atom. The molecule has 2 amide bonds. The van der Waals surface area contributed by atoms with E-state index in [0.29, 0.717) is 17.7 Å². The zero-order chi connectivity index (χ0) is 14.1. The third kappa shape index (κ3) is 2.01. The van der Waals surface area contributed by atoms with Gasteiger partial charge >= 0.3 is 0 Å². The van der Waals surface area contributed by atoms with Gasteiger partial charge in [0.15, 0.2) is 0 Å². The van der Waals surface area contributed by atoms with Crippen molar-refractivity contribution in [1.29, 1.82) is 0 Å². The number of fused-ring (bicyclic) bond motifs is 1. The molecule has 0 atom stereocenters. The maximum absolute atomic E-state index is 12.4. The average molecular weight is 265 g/mol. The van der Waals surface area contributed by atoms with Crippen LogP contribution in [0.25, 0.3) is 0 Å². The average Bonchev–Trinajstić information content (AvgIpc) is 2.73. The number of carbonyl (C=O) groups is 2. The van der Waals surface area contributed by atoms with Crippen molar-refractivity contribution in [2.75, 3.05) is 0 Å². The van der Waals surface area contributed by atoms with Gasteiger partial charge in [-0.25, -0.2) is 0 Å². The molecule has 3 heteroatoms. The highest BCUT2D eigenvalue weighted by atomic mass is 16.2. The SMILES string of the molecule is CCc1ccc2c(c1)C(=O)N(Cc1ccccc1)C2=O. The fourth-order valence-electron chi connectivity index (χ4n) is 2.47. The Labute approximate surface area is 117 Å². The van der Waals surface area contributed by atoms with E-state index < -0.39 is 0 Å². The first-order valence-corrected chi connectivity index (χ1v) is 6.73. The van der Waals surface area contributed by atoms with E-state index in [2.05, 4.69) is 0 Å². The van der Waals surface area contributed by atoms with Gasteiger partial charge in [0.1, 0.15) is 0 Å². The Kier molecular flexibility index (Phi) is 3.11. The van der Waals surface area contributed by atoms with Crippen molar-refractivity contribution in [1.82, 2.24) is 4.90 Å². The molecule has 0 N–H and O–H groups in total. The molecule has 2 aromatic rings. The minimum atomic E-state index is -0.198. The summed E-state index contributed by atoms with van der Waals surface area (Å²) in [5, 5.41) is 0. The lowest BCUT2D eigenvalue weighted by Gasteiger charge is -2.13. The molecule has 2 aromatic carbocycles. The fraction of sp³-hybridized carbons (Fsp3) is 0.176. The summed E-state index contributed by atoms with van der Waals surface area (Å²) in [6.07, 6.45) is 0.855. The third-order valence-electron chi connectivity index (χ3n) is 3.63. The lowest BCUT2D eigenvalue weighted by atomic mass is 10.0. The molecule has 1 aliphatic heterocycles. The van der Waals surface area contributed by atoms with Crippen molar-refractivity contribution in [3.63, 3.8) is 0 Å². The number of amides is 2. The van der Waals surface area contributed by atoms with Gasteiger partial charge in [0.25, 0.3) is 11.8 Å². The minimum absolute atomic E-state index is 0.191.